The third-order valence-electron chi connectivity index (χ3n) is 3.35. The van der Waals surface area contributed by atoms with Crippen LogP contribution in [0.1, 0.15) is 38.5 Å². The second kappa shape index (κ2) is 6.88. The molecule has 0 aliphatic carbocycles. The molecule has 1 aromatic heterocycles. The molecule has 0 aliphatic heterocycles. The van der Waals surface area contributed by atoms with E-state index in [1.54, 1.807) is 11.3 Å². The van der Waals surface area contributed by atoms with Gasteiger partial charge in [-0.25, -0.2) is 0 Å². The number of rotatable bonds is 7. The van der Waals surface area contributed by atoms with Crippen LogP contribution in [0, 0.1) is 0 Å². The van der Waals surface area contributed by atoms with Gasteiger partial charge in [-0.15, -0.1) is 11.3 Å². The van der Waals surface area contributed by atoms with E-state index in [0.29, 0.717) is 0 Å². The van der Waals surface area contributed by atoms with Crippen LogP contribution in [0.15, 0.2) is 15.9 Å². The lowest BCUT2D eigenvalue weighted by Crippen LogP contribution is -2.50. The van der Waals surface area contributed by atoms with Gasteiger partial charge in [0.1, 0.15) is 0 Å². The molecule has 0 aliphatic rings. The Hall–Kier alpha value is 0.1000. The minimum Gasteiger partial charge on any atom is -0.374 e. The van der Waals surface area contributed by atoms with Gasteiger partial charge >= 0.3 is 0 Å². The summed E-state index contributed by atoms with van der Waals surface area (Å²) in [6.45, 7) is 7.07. The zero-order valence-corrected chi connectivity index (χ0v) is 13.2. The summed E-state index contributed by atoms with van der Waals surface area (Å²) in [5.74, 6) is 0. The monoisotopic (exact) mass is 319 g/mol. The van der Waals surface area contributed by atoms with Gasteiger partial charge in [-0.2, -0.15) is 0 Å². The fraction of sp³-hybridized carbons (Fsp3) is 0.692. The Morgan fingerprint density at radius 3 is 2.41 bits per heavy atom. The molecular formula is C13H22BrNOS. The highest BCUT2D eigenvalue weighted by Gasteiger charge is 2.34. The molecule has 1 heterocycles. The fourth-order valence-corrected chi connectivity index (χ4v) is 3.78. The Balaban J connectivity index is 2.74. The maximum Gasteiger partial charge on any atom is 0.0830 e. The van der Waals surface area contributed by atoms with Crippen LogP contribution in [0.25, 0.3) is 0 Å². The Bertz CT molecular complexity index is 336. The van der Waals surface area contributed by atoms with E-state index in [2.05, 4.69) is 41.9 Å². The van der Waals surface area contributed by atoms with Crippen LogP contribution in [0.5, 0.6) is 0 Å². The highest BCUT2D eigenvalue weighted by Crippen LogP contribution is 2.29. The third-order valence-corrected chi connectivity index (χ3v) is 5.00. The highest BCUT2D eigenvalue weighted by atomic mass is 79.9. The van der Waals surface area contributed by atoms with E-state index < -0.39 is 0 Å². The summed E-state index contributed by atoms with van der Waals surface area (Å²) in [6.07, 6.45) is 2.81. The van der Waals surface area contributed by atoms with Crippen molar-refractivity contribution in [3.8, 4) is 0 Å². The smallest absolute Gasteiger partial charge is 0.0830 e. The van der Waals surface area contributed by atoms with Crippen molar-refractivity contribution in [2.45, 2.75) is 51.7 Å². The highest BCUT2D eigenvalue weighted by molar-refractivity contribution is 9.11. The molecule has 1 atom stereocenters. The molecule has 4 heteroatoms. The average Bonchev–Trinajstić information content (AvgIpc) is 2.71. The number of hydrogen-bond donors (Lipinski definition) is 1. The molecule has 0 fully saturated rings. The maximum absolute atomic E-state index is 6.37. The molecule has 0 amide bonds. The van der Waals surface area contributed by atoms with E-state index in [1.165, 1.54) is 4.88 Å². The fourth-order valence-electron chi connectivity index (χ4n) is 2.24. The molecule has 1 unspecified atom stereocenters. The van der Waals surface area contributed by atoms with Gasteiger partial charge in [0, 0.05) is 17.5 Å². The average molecular weight is 320 g/mol. The minimum absolute atomic E-state index is 0.0583. The lowest BCUT2D eigenvalue weighted by atomic mass is 9.86. The number of nitrogens with two attached hydrogens (primary N) is 1. The van der Waals surface area contributed by atoms with Gasteiger partial charge in [0.15, 0.2) is 0 Å². The van der Waals surface area contributed by atoms with Crippen LogP contribution in [-0.2, 0) is 11.2 Å². The molecule has 98 valence electrons. The molecule has 0 saturated carbocycles. The lowest BCUT2D eigenvalue weighted by Gasteiger charge is -2.37. The Kier molecular flexibility index (Phi) is 6.13. The van der Waals surface area contributed by atoms with E-state index in [-0.39, 0.29) is 11.6 Å². The summed E-state index contributed by atoms with van der Waals surface area (Å²) in [4.78, 5) is 1.32. The molecular weight excluding hydrogens is 298 g/mol. The Morgan fingerprint density at radius 1 is 1.35 bits per heavy atom. The van der Waals surface area contributed by atoms with E-state index in [1.807, 2.05) is 6.92 Å². The van der Waals surface area contributed by atoms with Crippen molar-refractivity contribution >= 4 is 27.3 Å². The normalized spacial score (nSPS) is 13.9. The summed E-state index contributed by atoms with van der Waals surface area (Å²) < 4.78 is 7.10. The van der Waals surface area contributed by atoms with Gasteiger partial charge in [0.25, 0.3) is 0 Å². The van der Waals surface area contributed by atoms with Gasteiger partial charge in [-0.3, -0.25) is 0 Å². The Morgan fingerprint density at radius 2 is 2.00 bits per heavy atom. The van der Waals surface area contributed by atoms with Crippen molar-refractivity contribution in [1.29, 1.82) is 0 Å². The van der Waals surface area contributed by atoms with Gasteiger partial charge in [-0.05, 0) is 54.2 Å². The van der Waals surface area contributed by atoms with Crippen molar-refractivity contribution in [2.24, 2.45) is 5.73 Å². The number of thiophene rings is 1. The van der Waals surface area contributed by atoms with Gasteiger partial charge in [-0.1, -0.05) is 13.8 Å². The SMILES string of the molecule is CCOC(CC)(CC)C(N)Cc1ccc(Br)s1. The largest absolute Gasteiger partial charge is 0.374 e. The lowest BCUT2D eigenvalue weighted by molar-refractivity contribution is -0.0632. The van der Waals surface area contributed by atoms with Crippen LogP contribution < -0.4 is 5.73 Å². The molecule has 1 aromatic rings. The molecule has 17 heavy (non-hydrogen) atoms. The summed E-state index contributed by atoms with van der Waals surface area (Å²) >= 11 is 5.24. The summed E-state index contributed by atoms with van der Waals surface area (Å²) in [5.41, 5.74) is 6.19. The number of hydrogen-bond acceptors (Lipinski definition) is 3. The van der Waals surface area contributed by atoms with Crippen LogP contribution >= 0.6 is 27.3 Å². The minimum atomic E-state index is -0.175. The first-order valence-corrected chi connectivity index (χ1v) is 7.82. The Labute approximate surface area is 117 Å². The van der Waals surface area contributed by atoms with E-state index in [4.69, 9.17) is 10.5 Å². The zero-order chi connectivity index (χ0) is 12.9. The summed E-state index contributed by atoms with van der Waals surface area (Å²) in [7, 11) is 0. The first-order chi connectivity index (χ1) is 8.07. The molecule has 2 N–H and O–H groups in total. The number of halogens is 1. The molecule has 0 spiro atoms. The van der Waals surface area contributed by atoms with E-state index in [9.17, 15) is 0 Å². The van der Waals surface area contributed by atoms with Crippen molar-refractivity contribution in [1.82, 2.24) is 0 Å². The maximum atomic E-state index is 6.37. The van der Waals surface area contributed by atoms with Crippen LogP contribution in [0.2, 0.25) is 0 Å². The quantitative estimate of drug-likeness (QED) is 0.825. The van der Waals surface area contributed by atoms with Crippen LogP contribution in [-0.4, -0.2) is 18.2 Å². The topological polar surface area (TPSA) is 35.2 Å². The summed E-state index contributed by atoms with van der Waals surface area (Å²) in [6, 6.07) is 4.27. The molecule has 0 aromatic carbocycles. The standard InChI is InChI=1S/C13H22BrNOS/c1-4-13(5-2,16-6-3)11(15)9-10-7-8-12(14)17-10/h7-8,11H,4-6,9,15H2,1-3H3. The number of ether oxygens (including phenoxy) is 1. The first kappa shape index (κ1) is 15.2. The second-order valence-electron chi connectivity index (χ2n) is 4.22. The van der Waals surface area contributed by atoms with Gasteiger partial charge in [0.05, 0.1) is 9.39 Å². The van der Waals surface area contributed by atoms with Crippen LogP contribution in [0.3, 0.4) is 0 Å². The van der Waals surface area contributed by atoms with Gasteiger partial charge in [0.2, 0.25) is 0 Å². The zero-order valence-electron chi connectivity index (χ0n) is 10.8. The third kappa shape index (κ3) is 3.78. The first-order valence-electron chi connectivity index (χ1n) is 6.21. The van der Waals surface area contributed by atoms with E-state index in [0.717, 1.165) is 29.7 Å². The van der Waals surface area contributed by atoms with Crippen molar-refractivity contribution in [2.75, 3.05) is 6.61 Å². The van der Waals surface area contributed by atoms with Crippen molar-refractivity contribution in [3.05, 3.63) is 20.8 Å². The predicted molar refractivity (Wildman–Crippen MR) is 78.6 cm³/mol. The van der Waals surface area contributed by atoms with Crippen molar-refractivity contribution in [3.63, 3.8) is 0 Å². The summed E-state index contributed by atoms with van der Waals surface area (Å²) in [5, 5.41) is 0. The molecule has 0 radical (unpaired) electrons. The predicted octanol–water partition coefficient (Wildman–Crippen LogP) is 3.98. The molecule has 1 rings (SSSR count). The molecule has 2 nitrogen and oxygen atoms in total. The van der Waals surface area contributed by atoms with E-state index >= 15 is 0 Å². The molecule has 0 saturated heterocycles. The van der Waals surface area contributed by atoms with Crippen molar-refractivity contribution < 1.29 is 4.74 Å². The van der Waals surface area contributed by atoms with Gasteiger partial charge < -0.3 is 10.5 Å². The molecule has 0 bridgehead atoms. The second-order valence-corrected chi connectivity index (χ2v) is 6.77. The van der Waals surface area contributed by atoms with Crippen LogP contribution in [0.4, 0.5) is 0 Å².